The zero-order chi connectivity index (χ0) is 31.1. The number of ether oxygens (including phenoxy) is 1. The van der Waals surface area contributed by atoms with Gasteiger partial charge in [0.2, 0.25) is 4.90 Å². The number of hydrogen-bond donors (Lipinski definition) is 3. The van der Waals surface area contributed by atoms with Gasteiger partial charge in [0.15, 0.2) is 5.75 Å². The van der Waals surface area contributed by atoms with Crippen LogP contribution in [0.2, 0.25) is 0 Å². The molecule has 0 aliphatic carbocycles. The minimum Gasteiger partial charge on any atom is -0.588 e. The number of carbonyl (C=O) groups excluding carboxylic acids is 2. The summed E-state index contributed by atoms with van der Waals surface area (Å²) in [6.45, 7) is 1.93. The van der Waals surface area contributed by atoms with Gasteiger partial charge in [-0.2, -0.15) is 0 Å². The SMILES string of the molecule is COc1ccc(-c2cccc(C(=O)N3CCCC3)c2)cc1[S+]([O-])Nc1cccc(NCCNC(=O)c2c(F)cccc2F)c1. The van der Waals surface area contributed by atoms with E-state index in [0.717, 1.165) is 49.2 Å². The fourth-order valence-corrected chi connectivity index (χ4v) is 6.00. The molecule has 0 radical (unpaired) electrons. The standard InChI is InChI=1S/C33H32F2N4O4S/c1-43-29-14-13-23(22-7-4-8-24(19-22)33(41)39-17-2-3-18-39)20-30(29)44(42)38-26-10-5-9-25(21-26)36-15-16-37-32(40)31-27(34)11-6-12-28(31)35/h4-14,19-21,36,38H,2-3,15-18H2,1H3,(H,37,40). The Balaban J connectivity index is 1.23. The van der Waals surface area contributed by atoms with Crippen LogP contribution in [0.3, 0.4) is 0 Å². The van der Waals surface area contributed by atoms with Gasteiger partial charge in [-0.3, -0.25) is 9.59 Å². The molecular weight excluding hydrogens is 586 g/mol. The van der Waals surface area contributed by atoms with Crippen molar-refractivity contribution in [1.29, 1.82) is 0 Å². The van der Waals surface area contributed by atoms with E-state index in [1.807, 2.05) is 35.2 Å². The van der Waals surface area contributed by atoms with Gasteiger partial charge in [0.05, 0.1) is 12.8 Å². The van der Waals surface area contributed by atoms with Crippen LogP contribution in [0.15, 0.2) is 89.8 Å². The first-order valence-electron chi connectivity index (χ1n) is 14.2. The molecule has 1 fully saturated rings. The van der Waals surface area contributed by atoms with Gasteiger partial charge in [0, 0.05) is 43.5 Å². The number of halogens is 2. The summed E-state index contributed by atoms with van der Waals surface area (Å²) in [6.07, 6.45) is 2.03. The molecule has 2 amide bonds. The predicted octanol–water partition coefficient (Wildman–Crippen LogP) is 5.85. The maximum atomic E-state index is 13.8. The minimum absolute atomic E-state index is 0.0122. The van der Waals surface area contributed by atoms with E-state index in [2.05, 4.69) is 15.4 Å². The van der Waals surface area contributed by atoms with Crippen LogP contribution in [0, 0.1) is 11.6 Å². The molecule has 4 aromatic carbocycles. The van der Waals surface area contributed by atoms with Gasteiger partial charge in [-0.15, -0.1) is 0 Å². The zero-order valence-corrected chi connectivity index (χ0v) is 24.9. The molecule has 44 heavy (non-hydrogen) atoms. The molecular formula is C33H32F2N4O4S. The van der Waals surface area contributed by atoms with Gasteiger partial charge in [-0.1, -0.05) is 30.3 Å². The van der Waals surface area contributed by atoms with Crippen molar-refractivity contribution >= 4 is 34.6 Å². The third-order valence-corrected chi connectivity index (χ3v) is 8.34. The van der Waals surface area contributed by atoms with E-state index in [0.29, 0.717) is 27.6 Å². The molecule has 1 heterocycles. The summed E-state index contributed by atoms with van der Waals surface area (Å²) in [7, 11) is 1.51. The van der Waals surface area contributed by atoms with Gasteiger partial charge in [-0.05, 0) is 72.5 Å². The average molecular weight is 619 g/mol. The van der Waals surface area contributed by atoms with Crippen LogP contribution >= 0.6 is 0 Å². The second-order valence-corrected chi connectivity index (χ2v) is 11.4. The van der Waals surface area contributed by atoms with Crippen molar-refractivity contribution in [2.45, 2.75) is 17.7 Å². The van der Waals surface area contributed by atoms with E-state index in [4.69, 9.17) is 4.74 Å². The molecule has 1 unspecified atom stereocenters. The molecule has 1 aliphatic heterocycles. The summed E-state index contributed by atoms with van der Waals surface area (Å²) >= 11 is -1.70. The number of anilines is 2. The van der Waals surface area contributed by atoms with Crippen LogP contribution in [-0.2, 0) is 11.4 Å². The highest BCUT2D eigenvalue weighted by molar-refractivity contribution is 7.92. The highest BCUT2D eigenvalue weighted by Crippen LogP contribution is 2.32. The average Bonchev–Trinajstić information content (AvgIpc) is 3.58. The number of benzene rings is 4. The number of hydrogen-bond acceptors (Lipinski definition) is 6. The number of nitrogens with zero attached hydrogens (tertiary/aromatic N) is 1. The molecule has 1 saturated heterocycles. The molecule has 11 heteroatoms. The number of likely N-dealkylation sites (tertiary alicyclic amines) is 1. The Labute approximate surface area is 257 Å². The molecule has 4 aromatic rings. The second kappa shape index (κ2) is 14.2. The third-order valence-electron chi connectivity index (χ3n) is 7.20. The van der Waals surface area contributed by atoms with Gasteiger partial charge in [-0.25, -0.2) is 13.5 Å². The molecule has 0 aromatic heterocycles. The minimum atomic E-state index is -1.70. The molecule has 8 nitrogen and oxygen atoms in total. The van der Waals surface area contributed by atoms with Crippen molar-refractivity contribution in [1.82, 2.24) is 10.2 Å². The van der Waals surface area contributed by atoms with Crippen molar-refractivity contribution in [2.75, 3.05) is 43.3 Å². The number of rotatable bonds is 11. The first-order valence-corrected chi connectivity index (χ1v) is 15.3. The molecule has 0 spiro atoms. The molecule has 228 valence electrons. The summed E-state index contributed by atoms with van der Waals surface area (Å²) < 4.78 is 49.6. The molecule has 5 rings (SSSR count). The molecule has 1 aliphatic rings. The van der Waals surface area contributed by atoms with Gasteiger partial charge >= 0.3 is 0 Å². The van der Waals surface area contributed by atoms with Crippen molar-refractivity contribution in [2.24, 2.45) is 0 Å². The summed E-state index contributed by atoms with van der Waals surface area (Å²) in [5, 5.41) is 5.62. The first-order chi connectivity index (χ1) is 21.3. The highest BCUT2D eigenvalue weighted by Gasteiger charge is 2.22. The Morgan fingerprint density at radius 3 is 2.30 bits per heavy atom. The van der Waals surface area contributed by atoms with E-state index in [1.54, 1.807) is 36.4 Å². The summed E-state index contributed by atoms with van der Waals surface area (Å²) in [5.41, 5.74) is 2.86. The van der Waals surface area contributed by atoms with E-state index < -0.39 is 34.5 Å². The number of methoxy groups -OCH3 is 1. The van der Waals surface area contributed by atoms with Gasteiger partial charge in [0.25, 0.3) is 11.8 Å². The normalized spacial score (nSPS) is 13.3. The van der Waals surface area contributed by atoms with Crippen LogP contribution in [0.4, 0.5) is 20.2 Å². The Kier molecular flexibility index (Phi) is 9.98. The fourth-order valence-electron chi connectivity index (χ4n) is 4.98. The van der Waals surface area contributed by atoms with Crippen LogP contribution < -0.4 is 20.1 Å². The monoisotopic (exact) mass is 618 g/mol. The topological polar surface area (TPSA) is 106 Å². The van der Waals surface area contributed by atoms with E-state index >= 15 is 0 Å². The van der Waals surface area contributed by atoms with Crippen molar-refractivity contribution in [3.63, 3.8) is 0 Å². The zero-order valence-electron chi connectivity index (χ0n) is 24.1. The van der Waals surface area contributed by atoms with Crippen molar-refractivity contribution in [3.8, 4) is 16.9 Å². The largest absolute Gasteiger partial charge is 0.588 e. The smallest absolute Gasteiger partial charge is 0.257 e. The highest BCUT2D eigenvalue weighted by atomic mass is 32.2. The lowest BCUT2D eigenvalue weighted by molar-refractivity contribution is 0.0792. The Morgan fingerprint density at radius 2 is 1.55 bits per heavy atom. The maximum absolute atomic E-state index is 13.8. The fraction of sp³-hybridized carbons (Fsp3) is 0.212. The lowest BCUT2D eigenvalue weighted by atomic mass is 10.0. The lowest BCUT2D eigenvalue weighted by Gasteiger charge is -2.17. The van der Waals surface area contributed by atoms with Crippen molar-refractivity contribution in [3.05, 3.63) is 108 Å². The maximum Gasteiger partial charge on any atom is 0.257 e. The van der Waals surface area contributed by atoms with E-state index in [1.165, 1.54) is 13.2 Å². The quantitative estimate of drug-likeness (QED) is 0.144. The molecule has 0 saturated carbocycles. The first kappa shape index (κ1) is 30.8. The predicted molar refractivity (Wildman–Crippen MR) is 167 cm³/mol. The number of amides is 2. The molecule has 0 bridgehead atoms. The van der Waals surface area contributed by atoms with Gasteiger partial charge < -0.3 is 24.8 Å². The van der Waals surface area contributed by atoms with Crippen LogP contribution in [0.1, 0.15) is 33.6 Å². The second-order valence-electron chi connectivity index (χ2n) is 10.2. The number of nitrogens with one attached hydrogen (secondary N) is 3. The molecule has 3 N–H and O–H groups in total. The summed E-state index contributed by atoms with van der Waals surface area (Å²) in [4.78, 5) is 27.4. The van der Waals surface area contributed by atoms with Crippen LogP contribution in [0.5, 0.6) is 5.75 Å². The van der Waals surface area contributed by atoms with Crippen LogP contribution in [-0.4, -0.2) is 54.6 Å². The van der Waals surface area contributed by atoms with Crippen LogP contribution in [0.25, 0.3) is 11.1 Å². The lowest BCUT2D eigenvalue weighted by Crippen LogP contribution is -2.30. The Hall–Kier alpha value is -4.61. The number of carbonyl (C=O) groups is 2. The molecule has 1 atom stereocenters. The Morgan fingerprint density at radius 1 is 0.864 bits per heavy atom. The third kappa shape index (κ3) is 7.29. The Bertz CT molecular complexity index is 1630. The van der Waals surface area contributed by atoms with E-state index in [-0.39, 0.29) is 19.0 Å². The summed E-state index contributed by atoms with van der Waals surface area (Å²) in [5.74, 6) is -2.23. The van der Waals surface area contributed by atoms with E-state index in [9.17, 15) is 22.9 Å². The summed E-state index contributed by atoms with van der Waals surface area (Å²) in [6, 6.07) is 23.1. The van der Waals surface area contributed by atoms with Crippen molar-refractivity contribution < 1.29 is 27.7 Å². The van der Waals surface area contributed by atoms with Gasteiger partial charge in [0.1, 0.15) is 28.6 Å².